The molecule has 134 valence electrons. The minimum Gasteiger partial charge on any atom is -0.352 e. The molecule has 0 unspecified atom stereocenters. The molecule has 0 amide bonds. The van der Waals surface area contributed by atoms with Gasteiger partial charge in [0.2, 0.25) is 0 Å². The number of benzene rings is 1. The summed E-state index contributed by atoms with van der Waals surface area (Å²) in [5.74, 6) is 1.32. The molecule has 0 aliphatic carbocycles. The molecule has 0 spiro atoms. The molecule has 1 aromatic carbocycles. The number of aryl methyl sites for hydroxylation is 1. The van der Waals surface area contributed by atoms with Gasteiger partial charge in [-0.3, -0.25) is 4.79 Å². The lowest BCUT2D eigenvalue weighted by Gasteiger charge is -2.36. The fraction of sp³-hybridized carbons (Fsp3) is 0.333. The molecule has 3 aromatic rings. The summed E-state index contributed by atoms with van der Waals surface area (Å²) in [6.07, 6.45) is 1.47. The van der Waals surface area contributed by atoms with Crippen LogP contribution in [-0.4, -0.2) is 45.9 Å². The molecule has 2 aromatic heterocycles. The highest BCUT2D eigenvalue weighted by Gasteiger charge is 2.21. The second-order valence-corrected chi connectivity index (χ2v) is 6.18. The van der Waals surface area contributed by atoms with Crippen molar-refractivity contribution in [2.45, 2.75) is 13.5 Å². The summed E-state index contributed by atoms with van der Waals surface area (Å²) in [4.78, 5) is 24.6. The molecule has 3 heterocycles. The zero-order valence-electron chi connectivity index (χ0n) is 14.5. The van der Waals surface area contributed by atoms with E-state index in [0.717, 1.165) is 43.2 Å². The number of piperazine rings is 1. The molecule has 26 heavy (non-hydrogen) atoms. The zero-order valence-corrected chi connectivity index (χ0v) is 14.5. The molecule has 1 aliphatic rings. The average molecular weight is 354 g/mol. The Balaban J connectivity index is 1.55. The lowest BCUT2D eigenvalue weighted by Crippen LogP contribution is -2.47. The zero-order chi connectivity index (χ0) is 18.1. The fourth-order valence-electron chi connectivity index (χ4n) is 3.25. The molecular weight excluding hydrogens is 335 g/mol. The molecule has 7 nitrogen and oxygen atoms in total. The normalized spacial score (nSPS) is 14.8. The van der Waals surface area contributed by atoms with Crippen LogP contribution >= 0.6 is 0 Å². The highest BCUT2D eigenvalue weighted by molar-refractivity contribution is 5.89. The molecule has 1 aliphatic heterocycles. The quantitative estimate of drug-likeness (QED) is 0.713. The van der Waals surface area contributed by atoms with Crippen molar-refractivity contribution in [3.63, 3.8) is 0 Å². The topological polar surface area (TPSA) is 67.2 Å². The summed E-state index contributed by atoms with van der Waals surface area (Å²) in [7, 11) is 0. The van der Waals surface area contributed by atoms with Crippen LogP contribution in [0.5, 0.6) is 0 Å². The van der Waals surface area contributed by atoms with Crippen LogP contribution < -0.4 is 15.4 Å². The van der Waals surface area contributed by atoms with Crippen molar-refractivity contribution in [3.05, 3.63) is 52.8 Å². The maximum Gasteiger partial charge on any atom is 0.266 e. The van der Waals surface area contributed by atoms with E-state index in [4.69, 9.17) is 0 Å². The Morgan fingerprint density at radius 3 is 2.58 bits per heavy atom. The summed E-state index contributed by atoms with van der Waals surface area (Å²) < 4.78 is 14.9. The molecule has 1 saturated heterocycles. The molecule has 0 N–H and O–H groups in total. The van der Waals surface area contributed by atoms with E-state index in [9.17, 15) is 9.18 Å². The van der Waals surface area contributed by atoms with Crippen molar-refractivity contribution in [2.75, 3.05) is 36.0 Å². The summed E-state index contributed by atoms with van der Waals surface area (Å²) >= 11 is 0. The number of hydrogen-bond donors (Lipinski definition) is 0. The van der Waals surface area contributed by atoms with E-state index < -0.39 is 0 Å². The van der Waals surface area contributed by atoms with Gasteiger partial charge in [0.1, 0.15) is 23.8 Å². The van der Waals surface area contributed by atoms with Gasteiger partial charge in [-0.15, -0.1) is 0 Å². The van der Waals surface area contributed by atoms with Crippen molar-refractivity contribution in [2.24, 2.45) is 0 Å². The van der Waals surface area contributed by atoms with Gasteiger partial charge in [-0.2, -0.15) is 5.10 Å². The summed E-state index contributed by atoms with van der Waals surface area (Å²) in [5.41, 5.74) is 0.517. The van der Waals surface area contributed by atoms with Crippen molar-refractivity contribution < 1.29 is 4.39 Å². The second-order valence-electron chi connectivity index (χ2n) is 6.18. The molecule has 0 saturated carbocycles. The van der Waals surface area contributed by atoms with Gasteiger partial charge in [0.25, 0.3) is 5.56 Å². The number of anilines is 2. The smallest absolute Gasteiger partial charge is 0.266 e. The van der Waals surface area contributed by atoms with Crippen LogP contribution in [-0.2, 0) is 6.54 Å². The van der Waals surface area contributed by atoms with E-state index in [1.807, 2.05) is 6.92 Å². The van der Waals surface area contributed by atoms with Crippen LogP contribution in [0.15, 0.2) is 41.5 Å². The van der Waals surface area contributed by atoms with Crippen molar-refractivity contribution in [1.29, 1.82) is 0 Å². The van der Waals surface area contributed by atoms with Gasteiger partial charge < -0.3 is 9.80 Å². The fourth-order valence-corrected chi connectivity index (χ4v) is 3.25. The van der Waals surface area contributed by atoms with Crippen molar-refractivity contribution in [1.82, 2.24) is 19.7 Å². The Hall–Kier alpha value is -3.03. The lowest BCUT2D eigenvalue weighted by atomic mass is 10.2. The summed E-state index contributed by atoms with van der Waals surface area (Å²) in [6.45, 7) is 5.51. The Kier molecular flexibility index (Phi) is 4.24. The summed E-state index contributed by atoms with van der Waals surface area (Å²) in [5, 5.41) is 5.26. The van der Waals surface area contributed by atoms with Gasteiger partial charge in [-0.05, 0) is 25.1 Å². The standard InChI is InChI=1S/C18H19FN6O/c1-2-25-17(26)6-5-16(22-25)23-7-9-24(10-8-23)18-14-4-3-13(19)11-15(14)20-12-21-18/h3-6,11-12H,2,7-10H2,1H3. The molecule has 0 atom stereocenters. The van der Waals surface area contributed by atoms with Crippen LogP contribution in [0.2, 0.25) is 0 Å². The Labute approximate surface area is 149 Å². The maximum absolute atomic E-state index is 13.4. The summed E-state index contributed by atoms with van der Waals surface area (Å²) in [6, 6.07) is 7.92. The minimum atomic E-state index is -0.302. The minimum absolute atomic E-state index is 0.0884. The SMILES string of the molecule is CCn1nc(N2CCN(c3ncnc4cc(F)ccc34)CC2)ccc1=O. The second kappa shape index (κ2) is 6.70. The first kappa shape index (κ1) is 16.4. The molecule has 0 bridgehead atoms. The van der Waals surface area contributed by atoms with Gasteiger partial charge >= 0.3 is 0 Å². The number of nitrogens with zero attached hydrogens (tertiary/aromatic N) is 6. The third kappa shape index (κ3) is 2.98. The van der Waals surface area contributed by atoms with Gasteiger partial charge in [-0.25, -0.2) is 19.0 Å². The Morgan fingerprint density at radius 2 is 1.81 bits per heavy atom. The van der Waals surface area contributed by atoms with E-state index in [-0.39, 0.29) is 11.4 Å². The number of hydrogen-bond acceptors (Lipinski definition) is 6. The van der Waals surface area contributed by atoms with Crippen LogP contribution in [0.25, 0.3) is 10.9 Å². The van der Waals surface area contributed by atoms with Crippen molar-refractivity contribution >= 4 is 22.5 Å². The third-order valence-corrected chi connectivity index (χ3v) is 4.63. The number of rotatable bonds is 3. The number of fused-ring (bicyclic) bond motifs is 1. The largest absolute Gasteiger partial charge is 0.352 e. The van der Waals surface area contributed by atoms with Gasteiger partial charge in [0.15, 0.2) is 0 Å². The van der Waals surface area contributed by atoms with Crippen LogP contribution in [0.3, 0.4) is 0 Å². The Bertz CT molecular complexity index is 996. The highest BCUT2D eigenvalue weighted by Crippen LogP contribution is 2.25. The molecule has 4 rings (SSSR count). The first-order chi connectivity index (χ1) is 12.7. The molecule has 1 fully saturated rings. The van der Waals surface area contributed by atoms with Crippen LogP contribution in [0.1, 0.15) is 6.92 Å². The van der Waals surface area contributed by atoms with E-state index in [1.165, 1.54) is 23.1 Å². The highest BCUT2D eigenvalue weighted by atomic mass is 19.1. The van der Waals surface area contributed by atoms with E-state index in [2.05, 4.69) is 24.9 Å². The lowest BCUT2D eigenvalue weighted by molar-refractivity contribution is 0.588. The third-order valence-electron chi connectivity index (χ3n) is 4.63. The monoisotopic (exact) mass is 354 g/mol. The molecular formula is C18H19FN6O. The average Bonchev–Trinajstić information content (AvgIpc) is 2.68. The van der Waals surface area contributed by atoms with Crippen LogP contribution in [0.4, 0.5) is 16.0 Å². The van der Waals surface area contributed by atoms with E-state index in [1.54, 1.807) is 18.2 Å². The maximum atomic E-state index is 13.4. The van der Waals surface area contributed by atoms with Crippen LogP contribution in [0, 0.1) is 5.82 Å². The predicted octanol–water partition coefficient (Wildman–Crippen LogP) is 1.67. The first-order valence-electron chi connectivity index (χ1n) is 8.64. The van der Waals surface area contributed by atoms with E-state index >= 15 is 0 Å². The first-order valence-corrected chi connectivity index (χ1v) is 8.64. The predicted molar refractivity (Wildman–Crippen MR) is 98.1 cm³/mol. The molecule has 0 radical (unpaired) electrons. The Morgan fingerprint density at radius 1 is 1.04 bits per heavy atom. The molecule has 8 heteroatoms. The van der Waals surface area contributed by atoms with Gasteiger partial charge in [-0.1, -0.05) is 0 Å². The van der Waals surface area contributed by atoms with Gasteiger partial charge in [0.05, 0.1) is 5.52 Å². The number of aromatic nitrogens is 4. The van der Waals surface area contributed by atoms with Gasteiger partial charge in [0, 0.05) is 50.2 Å². The van der Waals surface area contributed by atoms with Crippen molar-refractivity contribution in [3.8, 4) is 0 Å². The van der Waals surface area contributed by atoms with E-state index in [0.29, 0.717) is 12.1 Å². The number of halogens is 1.